The molecule has 0 saturated heterocycles. The van der Waals surface area contributed by atoms with E-state index in [1.54, 1.807) is 18.5 Å². The van der Waals surface area contributed by atoms with Gasteiger partial charge in [0, 0.05) is 24.0 Å². The van der Waals surface area contributed by atoms with Gasteiger partial charge in [-0.1, -0.05) is 23.4 Å². The molecule has 3 aromatic rings. The van der Waals surface area contributed by atoms with Crippen LogP contribution >= 0.6 is 0 Å². The Hall–Kier alpha value is -2.76. The number of nitrogen functional groups attached to an aromatic ring is 1. The van der Waals surface area contributed by atoms with Crippen LogP contribution in [0.4, 0.5) is 5.88 Å². The van der Waals surface area contributed by atoms with Gasteiger partial charge in [-0.25, -0.2) is 4.79 Å². The van der Waals surface area contributed by atoms with Gasteiger partial charge in [0.25, 0.3) is 0 Å². The number of aromatic amines is 1. The Morgan fingerprint density at radius 2 is 2.17 bits per heavy atom. The van der Waals surface area contributed by atoms with Crippen molar-refractivity contribution in [3.05, 3.63) is 53.2 Å². The van der Waals surface area contributed by atoms with Crippen LogP contribution < -0.4 is 11.4 Å². The third kappa shape index (κ3) is 1.60. The fourth-order valence-electron chi connectivity index (χ4n) is 1.83. The fourth-order valence-corrected chi connectivity index (χ4v) is 1.83. The summed E-state index contributed by atoms with van der Waals surface area (Å²) in [6, 6.07) is 9.02. The Labute approximate surface area is 102 Å². The van der Waals surface area contributed by atoms with Crippen molar-refractivity contribution in [3.8, 4) is 16.9 Å². The standard InChI is InChI=1S/C12H10N4O2/c13-11-7-9(15-18-11)8-3-1-2-4-10(8)16-6-5-14-12(16)17/h1-7H,13H2,(H,14,17). The van der Waals surface area contributed by atoms with E-state index in [0.29, 0.717) is 5.69 Å². The lowest BCUT2D eigenvalue weighted by Crippen LogP contribution is -2.14. The first kappa shape index (κ1) is 10.4. The smallest absolute Gasteiger partial charge is 0.330 e. The maximum atomic E-state index is 11.6. The number of aromatic nitrogens is 3. The molecule has 0 bridgehead atoms. The Morgan fingerprint density at radius 3 is 2.83 bits per heavy atom. The van der Waals surface area contributed by atoms with E-state index in [1.807, 2.05) is 24.3 Å². The highest BCUT2D eigenvalue weighted by Crippen LogP contribution is 2.25. The first-order chi connectivity index (χ1) is 8.75. The summed E-state index contributed by atoms with van der Waals surface area (Å²) in [4.78, 5) is 14.2. The minimum Gasteiger partial charge on any atom is -0.368 e. The van der Waals surface area contributed by atoms with E-state index in [-0.39, 0.29) is 11.6 Å². The lowest BCUT2D eigenvalue weighted by atomic mass is 10.1. The molecule has 0 spiro atoms. The van der Waals surface area contributed by atoms with Crippen molar-refractivity contribution in [2.24, 2.45) is 0 Å². The molecule has 18 heavy (non-hydrogen) atoms. The van der Waals surface area contributed by atoms with E-state index in [1.165, 1.54) is 4.57 Å². The van der Waals surface area contributed by atoms with Crippen LogP contribution in [0.2, 0.25) is 0 Å². The number of nitrogens with two attached hydrogens (primary N) is 1. The molecule has 3 N–H and O–H groups in total. The monoisotopic (exact) mass is 242 g/mol. The highest BCUT2D eigenvalue weighted by Gasteiger charge is 2.11. The molecular weight excluding hydrogens is 232 g/mol. The van der Waals surface area contributed by atoms with Crippen LogP contribution in [0.5, 0.6) is 0 Å². The number of hydrogen-bond donors (Lipinski definition) is 2. The summed E-state index contributed by atoms with van der Waals surface area (Å²) in [5.41, 5.74) is 7.39. The lowest BCUT2D eigenvalue weighted by Gasteiger charge is -2.06. The van der Waals surface area contributed by atoms with Crippen LogP contribution in [-0.4, -0.2) is 14.7 Å². The van der Waals surface area contributed by atoms with Gasteiger partial charge in [-0.3, -0.25) is 4.57 Å². The highest BCUT2D eigenvalue weighted by atomic mass is 16.5. The zero-order chi connectivity index (χ0) is 12.5. The normalized spacial score (nSPS) is 10.7. The molecule has 2 heterocycles. The SMILES string of the molecule is Nc1cc(-c2ccccc2-n2cc[nH]c2=O)no1. The molecule has 1 aromatic carbocycles. The fraction of sp³-hybridized carbons (Fsp3) is 0. The molecule has 3 rings (SSSR count). The summed E-state index contributed by atoms with van der Waals surface area (Å²) in [6.07, 6.45) is 3.24. The minimum absolute atomic E-state index is 0.209. The Bertz CT molecular complexity index is 738. The van der Waals surface area contributed by atoms with Gasteiger partial charge >= 0.3 is 5.69 Å². The highest BCUT2D eigenvalue weighted by molar-refractivity contribution is 5.71. The van der Waals surface area contributed by atoms with Gasteiger partial charge in [0.2, 0.25) is 5.88 Å². The number of hydrogen-bond acceptors (Lipinski definition) is 4. The predicted molar refractivity (Wildman–Crippen MR) is 66.3 cm³/mol. The first-order valence-electron chi connectivity index (χ1n) is 5.34. The van der Waals surface area contributed by atoms with Crippen molar-refractivity contribution in [1.29, 1.82) is 0 Å². The summed E-state index contributed by atoms with van der Waals surface area (Å²) in [7, 11) is 0. The molecule has 0 radical (unpaired) electrons. The third-order valence-electron chi connectivity index (χ3n) is 2.62. The van der Waals surface area contributed by atoms with Gasteiger partial charge in [-0.2, -0.15) is 0 Å². The van der Waals surface area contributed by atoms with Crippen molar-refractivity contribution >= 4 is 5.88 Å². The molecule has 0 saturated carbocycles. The third-order valence-corrected chi connectivity index (χ3v) is 2.62. The van der Waals surface area contributed by atoms with Gasteiger partial charge in [0.1, 0.15) is 5.69 Å². The summed E-state index contributed by atoms with van der Waals surface area (Å²) >= 11 is 0. The number of H-pyrrole nitrogens is 1. The van der Waals surface area contributed by atoms with Gasteiger partial charge in [-0.05, 0) is 6.07 Å². The van der Waals surface area contributed by atoms with E-state index in [0.717, 1.165) is 11.3 Å². The van der Waals surface area contributed by atoms with Crippen LogP contribution in [0.15, 0.2) is 52.0 Å². The average molecular weight is 242 g/mol. The number of rotatable bonds is 2. The van der Waals surface area contributed by atoms with E-state index in [2.05, 4.69) is 10.1 Å². The van der Waals surface area contributed by atoms with E-state index < -0.39 is 0 Å². The van der Waals surface area contributed by atoms with E-state index >= 15 is 0 Å². The van der Waals surface area contributed by atoms with E-state index in [9.17, 15) is 4.79 Å². The van der Waals surface area contributed by atoms with Crippen LogP contribution in [0.1, 0.15) is 0 Å². The quantitative estimate of drug-likeness (QED) is 0.710. The minimum atomic E-state index is -0.209. The second-order valence-corrected chi connectivity index (χ2v) is 3.77. The zero-order valence-electron chi connectivity index (χ0n) is 9.33. The molecule has 0 unspecified atom stereocenters. The van der Waals surface area contributed by atoms with Crippen LogP contribution in [-0.2, 0) is 0 Å². The summed E-state index contributed by atoms with van der Waals surface area (Å²) in [6.45, 7) is 0. The van der Waals surface area contributed by atoms with Crippen molar-refractivity contribution in [2.75, 3.05) is 5.73 Å². The number of imidazole rings is 1. The van der Waals surface area contributed by atoms with Crippen LogP contribution in [0.25, 0.3) is 16.9 Å². The van der Waals surface area contributed by atoms with Gasteiger partial charge in [-0.15, -0.1) is 0 Å². The molecule has 90 valence electrons. The Morgan fingerprint density at radius 1 is 1.33 bits per heavy atom. The van der Waals surface area contributed by atoms with Crippen molar-refractivity contribution < 1.29 is 4.52 Å². The molecule has 6 heteroatoms. The van der Waals surface area contributed by atoms with Crippen LogP contribution in [0, 0.1) is 0 Å². The second-order valence-electron chi connectivity index (χ2n) is 3.77. The number of benzene rings is 1. The van der Waals surface area contributed by atoms with Crippen molar-refractivity contribution in [3.63, 3.8) is 0 Å². The van der Waals surface area contributed by atoms with Gasteiger partial charge < -0.3 is 15.2 Å². The summed E-state index contributed by atoms with van der Waals surface area (Å²) in [5.74, 6) is 0.237. The molecule has 6 nitrogen and oxygen atoms in total. The van der Waals surface area contributed by atoms with Crippen molar-refractivity contribution in [2.45, 2.75) is 0 Å². The molecule has 0 aliphatic carbocycles. The van der Waals surface area contributed by atoms with E-state index in [4.69, 9.17) is 10.3 Å². The van der Waals surface area contributed by atoms with Gasteiger partial charge in [0.05, 0.1) is 5.69 Å². The number of nitrogens with zero attached hydrogens (tertiary/aromatic N) is 2. The molecule has 0 fully saturated rings. The number of anilines is 1. The van der Waals surface area contributed by atoms with Crippen molar-refractivity contribution in [1.82, 2.24) is 14.7 Å². The number of nitrogens with one attached hydrogen (secondary N) is 1. The summed E-state index contributed by atoms with van der Waals surface area (Å²) < 4.78 is 6.35. The molecule has 0 atom stereocenters. The summed E-state index contributed by atoms with van der Waals surface area (Å²) in [5, 5.41) is 3.86. The molecule has 0 aliphatic rings. The van der Waals surface area contributed by atoms with Gasteiger partial charge in [0.15, 0.2) is 0 Å². The molecule has 2 aromatic heterocycles. The predicted octanol–water partition coefficient (Wildman–Crippen LogP) is 1.40. The Balaban J connectivity index is 2.23. The van der Waals surface area contributed by atoms with Crippen LogP contribution in [0.3, 0.4) is 0 Å². The maximum absolute atomic E-state index is 11.6. The molecular formula is C12H10N4O2. The topological polar surface area (TPSA) is 89.8 Å². The maximum Gasteiger partial charge on any atom is 0.330 e. The molecule has 0 amide bonds. The lowest BCUT2D eigenvalue weighted by molar-refractivity contribution is 0.439. The number of para-hydroxylation sites is 1. The first-order valence-corrected chi connectivity index (χ1v) is 5.34. The molecule has 0 aliphatic heterocycles. The zero-order valence-corrected chi connectivity index (χ0v) is 9.33. The Kier molecular flexibility index (Phi) is 2.26. The largest absolute Gasteiger partial charge is 0.368 e. The second kappa shape index (κ2) is 3.92. The average Bonchev–Trinajstić information content (AvgIpc) is 2.98.